The fraction of sp³-hybridized carbons (Fsp3) is 0.688. The molecule has 5 N–H and O–H groups in total. The summed E-state index contributed by atoms with van der Waals surface area (Å²) in [5.74, 6) is 1.08. The van der Waals surface area contributed by atoms with E-state index < -0.39 is 5.60 Å². The van der Waals surface area contributed by atoms with Gasteiger partial charge < -0.3 is 31.2 Å². The average Bonchev–Trinajstić information content (AvgIpc) is 2.83. The zero-order valence-electron chi connectivity index (χ0n) is 14.2. The summed E-state index contributed by atoms with van der Waals surface area (Å²) < 4.78 is 11.9. The number of carbonyl (C=O) groups excluding carboxylic acids is 1. The lowest BCUT2D eigenvalue weighted by atomic mass is 9.94. The van der Waals surface area contributed by atoms with Gasteiger partial charge in [0, 0.05) is 18.9 Å². The predicted molar refractivity (Wildman–Crippen MR) is 90.9 cm³/mol. The average molecular weight is 348 g/mol. The molecule has 2 saturated heterocycles. The highest BCUT2D eigenvalue weighted by atomic mass is 16.6. The second-order valence-electron chi connectivity index (χ2n) is 7.05. The zero-order chi connectivity index (χ0) is 17.4. The molecule has 0 radical (unpaired) electrons. The van der Waals surface area contributed by atoms with Crippen LogP contribution < -0.4 is 21.5 Å². The Morgan fingerprint density at radius 2 is 2.08 bits per heavy atom. The van der Waals surface area contributed by atoms with Crippen molar-refractivity contribution in [1.29, 1.82) is 0 Å². The molecule has 1 spiro atoms. The molecule has 0 bridgehead atoms. The number of hydrogen-bond donors (Lipinski definition) is 3. The molecule has 136 valence electrons. The molecule has 9 heteroatoms. The van der Waals surface area contributed by atoms with Crippen molar-refractivity contribution < 1.29 is 14.3 Å². The van der Waals surface area contributed by atoms with Crippen molar-refractivity contribution in [3.63, 3.8) is 0 Å². The predicted octanol–water partition coefficient (Wildman–Crippen LogP) is -0.827. The van der Waals surface area contributed by atoms with Crippen molar-refractivity contribution >= 4 is 17.7 Å². The molecular formula is C16H24N6O3. The van der Waals surface area contributed by atoms with Crippen molar-refractivity contribution in [2.75, 3.05) is 50.9 Å². The van der Waals surface area contributed by atoms with Gasteiger partial charge in [-0.15, -0.1) is 0 Å². The van der Waals surface area contributed by atoms with Gasteiger partial charge in [0.15, 0.2) is 5.60 Å². The Bertz CT molecular complexity index is 678. The zero-order valence-corrected chi connectivity index (χ0v) is 14.2. The maximum absolute atomic E-state index is 13.0. The van der Waals surface area contributed by atoms with Crippen LogP contribution in [0.5, 0.6) is 5.88 Å². The van der Waals surface area contributed by atoms with Gasteiger partial charge in [-0.1, -0.05) is 0 Å². The number of ether oxygens (including phenoxy) is 2. The van der Waals surface area contributed by atoms with Gasteiger partial charge in [-0.05, 0) is 25.9 Å². The molecule has 3 aliphatic heterocycles. The maximum Gasteiger partial charge on any atom is 0.225 e. The van der Waals surface area contributed by atoms with E-state index in [2.05, 4.69) is 15.3 Å². The van der Waals surface area contributed by atoms with E-state index in [1.54, 1.807) is 0 Å². The molecule has 0 saturated carbocycles. The molecule has 9 nitrogen and oxygen atoms in total. The molecule has 25 heavy (non-hydrogen) atoms. The van der Waals surface area contributed by atoms with E-state index in [-0.39, 0.29) is 17.8 Å². The van der Waals surface area contributed by atoms with Crippen LogP contribution in [-0.2, 0) is 16.0 Å². The molecule has 1 atom stereocenters. The lowest BCUT2D eigenvalue weighted by Crippen LogP contribution is -2.51. The molecule has 4 heterocycles. The van der Waals surface area contributed by atoms with E-state index >= 15 is 0 Å². The van der Waals surface area contributed by atoms with Gasteiger partial charge in [-0.2, -0.15) is 9.97 Å². The van der Waals surface area contributed by atoms with Crippen LogP contribution in [0.15, 0.2) is 0 Å². The van der Waals surface area contributed by atoms with Gasteiger partial charge in [-0.3, -0.25) is 4.79 Å². The number of anilines is 2. The van der Waals surface area contributed by atoms with E-state index in [1.807, 2.05) is 4.90 Å². The quantitative estimate of drug-likeness (QED) is 0.600. The first-order chi connectivity index (χ1) is 12.1. The largest absolute Gasteiger partial charge is 0.466 e. The molecule has 2 fully saturated rings. The molecule has 4 rings (SSSR count). The van der Waals surface area contributed by atoms with Crippen molar-refractivity contribution in [3.8, 4) is 5.88 Å². The van der Waals surface area contributed by atoms with Gasteiger partial charge in [0.2, 0.25) is 17.7 Å². The summed E-state index contributed by atoms with van der Waals surface area (Å²) in [5.41, 5.74) is 11.7. The number of piperidine rings is 1. The number of nitrogens with zero attached hydrogens (tertiary/aromatic N) is 3. The first kappa shape index (κ1) is 16.3. The summed E-state index contributed by atoms with van der Waals surface area (Å²) >= 11 is 0. The summed E-state index contributed by atoms with van der Waals surface area (Å²) in [6, 6.07) is 0. The summed E-state index contributed by atoms with van der Waals surface area (Å²) in [5, 5.41) is 3.30. The second kappa shape index (κ2) is 6.30. The molecular weight excluding hydrogens is 324 g/mol. The summed E-state index contributed by atoms with van der Waals surface area (Å²) in [6.45, 7) is 3.71. The second-order valence-corrected chi connectivity index (χ2v) is 7.05. The highest BCUT2D eigenvalue weighted by Crippen LogP contribution is 2.38. The Labute approximate surface area is 146 Å². The standard InChI is InChI=1S/C16H24N6O3/c17-12-11-7-16(25-13(11)21-15(18)20-12)8-22(5-6-24-9-16)14(23)10-1-3-19-4-2-10/h10,19H,1-9H2,(H4,17,18,20,21)/t16-/m0/s1. The van der Waals surface area contributed by atoms with Crippen molar-refractivity contribution in [3.05, 3.63) is 5.56 Å². The van der Waals surface area contributed by atoms with E-state index in [1.165, 1.54) is 0 Å². The summed E-state index contributed by atoms with van der Waals surface area (Å²) in [4.78, 5) is 23.0. The maximum atomic E-state index is 13.0. The van der Waals surface area contributed by atoms with Crippen LogP contribution in [0.1, 0.15) is 18.4 Å². The molecule has 3 aliphatic rings. The topological polar surface area (TPSA) is 129 Å². The van der Waals surface area contributed by atoms with Crippen LogP contribution in [0, 0.1) is 5.92 Å². The Balaban J connectivity index is 1.54. The third kappa shape index (κ3) is 3.09. The van der Waals surface area contributed by atoms with Crippen LogP contribution >= 0.6 is 0 Å². The lowest BCUT2D eigenvalue weighted by molar-refractivity contribution is -0.138. The minimum atomic E-state index is -0.669. The SMILES string of the molecule is Nc1nc(N)c2c(n1)O[C@@]1(COCCN(C(=O)C3CCNCC3)C1)C2. The normalized spacial score (nSPS) is 27.0. The molecule has 0 aromatic carbocycles. The van der Waals surface area contributed by atoms with Gasteiger partial charge in [-0.25, -0.2) is 0 Å². The van der Waals surface area contributed by atoms with Crippen LogP contribution in [-0.4, -0.2) is 65.8 Å². The minimum Gasteiger partial charge on any atom is -0.466 e. The van der Waals surface area contributed by atoms with Gasteiger partial charge in [0.25, 0.3) is 0 Å². The highest BCUT2D eigenvalue weighted by Gasteiger charge is 2.46. The number of amides is 1. The van der Waals surface area contributed by atoms with Crippen LogP contribution in [0.25, 0.3) is 0 Å². The number of carbonyl (C=O) groups is 1. The Morgan fingerprint density at radius 3 is 2.88 bits per heavy atom. The summed E-state index contributed by atoms with van der Waals surface area (Å²) in [7, 11) is 0. The third-order valence-corrected chi connectivity index (χ3v) is 5.18. The minimum absolute atomic E-state index is 0.0701. The third-order valence-electron chi connectivity index (χ3n) is 5.18. The number of fused-ring (bicyclic) bond motifs is 1. The Hall–Kier alpha value is -2.13. The number of rotatable bonds is 1. The first-order valence-electron chi connectivity index (χ1n) is 8.74. The van der Waals surface area contributed by atoms with Gasteiger partial charge in [0.05, 0.1) is 25.3 Å². The van der Waals surface area contributed by atoms with Crippen LogP contribution in [0.4, 0.5) is 11.8 Å². The number of nitrogen functional groups attached to an aromatic ring is 2. The number of nitrogens with one attached hydrogen (secondary N) is 1. The van der Waals surface area contributed by atoms with Crippen molar-refractivity contribution in [1.82, 2.24) is 20.2 Å². The molecule has 0 aliphatic carbocycles. The van der Waals surface area contributed by atoms with E-state index in [9.17, 15) is 4.79 Å². The van der Waals surface area contributed by atoms with E-state index in [0.717, 1.165) is 31.5 Å². The highest BCUT2D eigenvalue weighted by molar-refractivity contribution is 5.79. The van der Waals surface area contributed by atoms with Crippen molar-refractivity contribution in [2.24, 2.45) is 5.92 Å². The van der Waals surface area contributed by atoms with E-state index in [0.29, 0.717) is 44.4 Å². The molecule has 1 amide bonds. The van der Waals surface area contributed by atoms with Gasteiger partial charge in [0.1, 0.15) is 5.82 Å². The monoisotopic (exact) mass is 348 g/mol. The summed E-state index contributed by atoms with van der Waals surface area (Å²) in [6.07, 6.45) is 2.27. The van der Waals surface area contributed by atoms with E-state index in [4.69, 9.17) is 20.9 Å². The molecule has 1 aromatic rings. The molecule has 0 unspecified atom stereocenters. The fourth-order valence-electron chi connectivity index (χ4n) is 3.90. The smallest absolute Gasteiger partial charge is 0.225 e. The van der Waals surface area contributed by atoms with Crippen LogP contribution in [0.3, 0.4) is 0 Å². The van der Waals surface area contributed by atoms with Crippen LogP contribution in [0.2, 0.25) is 0 Å². The lowest BCUT2D eigenvalue weighted by Gasteiger charge is -2.33. The number of nitrogens with two attached hydrogens (primary N) is 2. The molecule has 1 aromatic heterocycles. The number of hydrogen-bond acceptors (Lipinski definition) is 8. The van der Waals surface area contributed by atoms with Gasteiger partial charge >= 0.3 is 0 Å². The van der Waals surface area contributed by atoms with Crippen molar-refractivity contribution in [2.45, 2.75) is 24.9 Å². The first-order valence-corrected chi connectivity index (χ1v) is 8.74. The number of aromatic nitrogens is 2. The fourth-order valence-corrected chi connectivity index (χ4v) is 3.90. The Kier molecular flexibility index (Phi) is 4.12. The Morgan fingerprint density at radius 1 is 1.28 bits per heavy atom.